The zero-order valence-electron chi connectivity index (χ0n) is 19.1. The molecule has 34 heavy (non-hydrogen) atoms. The fourth-order valence-corrected chi connectivity index (χ4v) is 3.12. The number of carbonyl (C=O) groups is 2. The summed E-state index contributed by atoms with van der Waals surface area (Å²) in [5, 5.41) is 13.1. The Labute approximate surface area is 203 Å². The van der Waals surface area contributed by atoms with Crippen LogP contribution in [0.2, 0.25) is 0 Å². The van der Waals surface area contributed by atoms with E-state index in [-0.39, 0.29) is 17.1 Å². The number of nitrogens with zero attached hydrogens (tertiary/aromatic N) is 5. The van der Waals surface area contributed by atoms with Gasteiger partial charge in [-0.2, -0.15) is 4.39 Å². The van der Waals surface area contributed by atoms with Crippen molar-refractivity contribution in [3.63, 3.8) is 0 Å². The topological polar surface area (TPSA) is 133 Å². The quantitative estimate of drug-likeness (QED) is 0.443. The molecule has 0 aliphatic rings. The predicted octanol–water partition coefficient (Wildman–Crippen LogP) is 4.83. The van der Waals surface area contributed by atoms with Crippen LogP contribution in [0.15, 0.2) is 35.1 Å². The van der Waals surface area contributed by atoms with E-state index in [1.54, 1.807) is 40.0 Å². The standard InChI is InChI=1S/C21H23BrFN7O4/c1-11(14-8-12(22)9-25-17(14)23)33-19(31)27-18-16(28-29-30(18)5)15-7-6-13(10-24-15)26-20(32)34-21(2,3)4/h6-11H,1-5H3,(H,26,32)(H,27,31). The first-order chi connectivity index (χ1) is 15.9. The molecule has 11 nitrogen and oxygen atoms in total. The van der Waals surface area contributed by atoms with Gasteiger partial charge in [0, 0.05) is 23.3 Å². The zero-order valence-corrected chi connectivity index (χ0v) is 20.7. The molecule has 1 atom stereocenters. The molecule has 180 valence electrons. The third-order valence-corrected chi connectivity index (χ3v) is 4.69. The van der Waals surface area contributed by atoms with Crippen LogP contribution in [0.4, 0.5) is 25.5 Å². The molecule has 2 amide bonds. The molecule has 1 unspecified atom stereocenters. The first-order valence-electron chi connectivity index (χ1n) is 10.1. The van der Waals surface area contributed by atoms with Crippen LogP contribution in [0.5, 0.6) is 0 Å². The van der Waals surface area contributed by atoms with Crippen molar-refractivity contribution in [2.45, 2.75) is 39.4 Å². The summed E-state index contributed by atoms with van der Waals surface area (Å²) in [6.07, 6.45) is 0.354. The number of pyridine rings is 2. The minimum Gasteiger partial charge on any atom is -0.444 e. The van der Waals surface area contributed by atoms with Crippen LogP contribution in [0.1, 0.15) is 39.4 Å². The lowest BCUT2D eigenvalue weighted by molar-refractivity contribution is 0.0635. The summed E-state index contributed by atoms with van der Waals surface area (Å²) in [4.78, 5) is 32.3. The molecule has 13 heteroatoms. The molecule has 2 N–H and O–H groups in total. The summed E-state index contributed by atoms with van der Waals surface area (Å²) in [6.45, 7) is 6.80. The van der Waals surface area contributed by atoms with E-state index in [2.05, 4.69) is 46.8 Å². The zero-order chi connectivity index (χ0) is 25.0. The van der Waals surface area contributed by atoms with Gasteiger partial charge in [0.1, 0.15) is 11.7 Å². The molecule has 0 spiro atoms. The van der Waals surface area contributed by atoms with Crippen molar-refractivity contribution < 1.29 is 23.5 Å². The third kappa shape index (κ3) is 6.47. The molecule has 0 aliphatic heterocycles. The number of aromatic nitrogens is 5. The summed E-state index contributed by atoms with van der Waals surface area (Å²) in [7, 11) is 1.58. The molecule has 0 saturated carbocycles. The van der Waals surface area contributed by atoms with Crippen molar-refractivity contribution in [2.75, 3.05) is 10.6 Å². The normalized spacial score (nSPS) is 12.1. The van der Waals surface area contributed by atoms with Gasteiger partial charge in [-0.1, -0.05) is 5.21 Å². The predicted molar refractivity (Wildman–Crippen MR) is 125 cm³/mol. The fraction of sp³-hybridized carbons (Fsp3) is 0.333. The summed E-state index contributed by atoms with van der Waals surface area (Å²) in [5.74, 6) is -0.527. The second-order valence-electron chi connectivity index (χ2n) is 8.18. The number of anilines is 2. The number of halogens is 2. The first-order valence-corrected chi connectivity index (χ1v) is 10.9. The fourth-order valence-electron chi connectivity index (χ4n) is 2.77. The SMILES string of the molecule is CC(OC(=O)Nc1c(-c2ccc(NC(=O)OC(C)(C)C)cn2)nnn1C)c1cc(Br)cnc1F. The van der Waals surface area contributed by atoms with Crippen LogP contribution in [0.25, 0.3) is 11.4 Å². The van der Waals surface area contributed by atoms with E-state index < -0.39 is 29.8 Å². The van der Waals surface area contributed by atoms with Gasteiger partial charge >= 0.3 is 12.2 Å². The van der Waals surface area contributed by atoms with E-state index in [1.807, 2.05) is 0 Å². The summed E-state index contributed by atoms with van der Waals surface area (Å²) < 4.78 is 26.4. The Morgan fingerprint density at radius 2 is 1.88 bits per heavy atom. The van der Waals surface area contributed by atoms with Crippen LogP contribution in [0, 0.1) is 5.95 Å². The lowest BCUT2D eigenvalue weighted by Gasteiger charge is -2.19. The van der Waals surface area contributed by atoms with Crippen LogP contribution in [-0.4, -0.2) is 42.7 Å². The van der Waals surface area contributed by atoms with Crippen molar-refractivity contribution >= 4 is 39.6 Å². The Morgan fingerprint density at radius 3 is 2.53 bits per heavy atom. The summed E-state index contributed by atoms with van der Waals surface area (Å²) in [5.41, 5.74) is 0.542. The number of nitrogens with one attached hydrogen (secondary N) is 2. The molecule has 0 aliphatic carbocycles. The van der Waals surface area contributed by atoms with Crippen molar-refractivity contribution in [2.24, 2.45) is 7.05 Å². The van der Waals surface area contributed by atoms with Crippen molar-refractivity contribution in [3.8, 4) is 11.4 Å². The van der Waals surface area contributed by atoms with Crippen molar-refractivity contribution in [3.05, 3.63) is 46.6 Å². The van der Waals surface area contributed by atoms with Gasteiger partial charge in [-0.05, 0) is 61.8 Å². The van der Waals surface area contributed by atoms with Gasteiger partial charge < -0.3 is 9.47 Å². The van der Waals surface area contributed by atoms with Crippen molar-refractivity contribution in [1.82, 2.24) is 25.0 Å². The molecule has 3 aromatic rings. The average molecular weight is 536 g/mol. The number of hydrogen-bond donors (Lipinski definition) is 2. The van der Waals surface area contributed by atoms with Gasteiger partial charge in [-0.3, -0.25) is 15.6 Å². The van der Waals surface area contributed by atoms with E-state index in [1.165, 1.54) is 30.1 Å². The van der Waals surface area contributed by atoms with Crippen molar-refractivity contribution in [1.29, 1.82) is 0 Å². The molecule has 0 fully saturated rings. The number of aryl methyl sites for hydroxylation is 1. The van der Waals surface area contributed by atoms with Crippen LogP contribution in [0.3, 0.4) is 0 Å². The maximum Gasteiger partial charge on any atom is 0.413 e. The minimum absolute atomic E-state index is 0.114. The van der Waals surface area contributed by atoms with E-state index >= 15 is 0 Å². The van der Waals surface area contributed by atoms with Crippen LogP contribution in [-0.2, 0) is 16.5 Å². The maximum atomic E-state index is 14.0. The number of carbonyl (C=O) groups excluding carboxylic acids is 2. The lowest BCUT2D eigenvalue weighted by atomic mass is 10.2. The highest BCUT2D eigenvalue weighted by molar-refractivity contribution is 9.10. The highest BCUT2D eigenvalue weighted by Crippen LogP contribution is 2.26. The number of amides is 2. The van der Waals surface area contributed by atoms with Gasteiger partial charge in [0.2, 0.25) is 5.95 Å². The second-order valence-corrected chi connectivity index (χ2v) is 9.09. The molecule has 0 saturated heterocycles. The number of rotatable bonds is 5. The highest BCUT2D eigenvalue weighted by Gasteiger charge is 2.21. The van der Waals surface area contributed by atoms with E-state index in [0.29, 0.717) is 15.9 Å². The summed E-state index contributed by atoms with van der Waals surface area (Å²) in [6, 6.07) is 4.68. The Kier molecular flexibility index (Phi) is 7.44. The molecule has 3 rings (SSSR count). The lowest BCUT2D eigenvalue weighted by Crippen LogP contribution is -2.27. The van der Waals surface area contributed by atoms with Crippen LogP contribution >= 0.6 is 15.9 Å². The Hall–Kier alpha value is -3.61. The molecule has 3 heterocycles. The van der Waals surface area contributed by atoms with Gasteiger partial charge in [-0.25, -0.2) is 19.3 Å². The second kappa shape index (κ2) is 10.1. The molecule has 3 aromatic heterocycles. The maximum absolute atomic E-state index is 14.0. The van der Waals surface area contributed by atoms with Gasteiger partial charge in [0.05, 0.1) is 17.6 Å². The van der Waals surface area contributed by atoms with E-state index in [9.17, 15) is 14.0 Å². The molecular weight excluding hydrogens is 513 g/mol. The number of hydrogen-bond acceptors (Lipinski definition) is 8. The number of ether oxygens (including phenoxy) is 2. The molecule has 0 aromatic carbocycles. The van der Waals surface area contributed by atoms with Crippen LogP contribution < -0.4 is 10.6 Å². The Balaban J connectivity index is 1.70. The minimum atomic E-state index is -0.911. The smallest absolute Gasteiger partial charge is 0.413 e. The van der Waals surface area contributed by atoms with Gasteiger partial charge in [-0.15, -0.1) is 5.10 Å². The van der Waals surface area contributed by atoms with E-state index in [0.717, 1.165) is 0 Å². The Bertz CT molecular complexity index is 1190. The summed E-state index contributed by atoms with van der Waals surface area (Å²) >= 11 is 3.21. The first kappa shape index (κ1) is 25.0. The average Bonchev–Trinajstić information content (AvgIpc) is 3.09. The van der Waals surface area contributed by atoms with Gasteiger partial charge in [0.15, 0.2) is 11.5 Å². The monoisotopic (exact) mass is 535 g/mol. The third-order valence-electron chi connectivity index (χ3n) is 4.25. The van der Waals surface area contributed by atoms with E-state index in [4.69, 9.17) is 9.47 Å². The molecule has 0 radical (unpaired) electrons. The Morgan fingerprint density at radius 1 is 1.15 bits per heavy atom. The van der Waals surface area contributed by atoms with Gasteiger partial charge in [0.25, 0.3) is 0 Å². The molecular formula is C21H23BrFN7O4. The highest BCUT2D eigenvalue weighted by atomic mass is 79.9. The molecule has 0 bridgehead atoms. The largest absolute Gasteiger partial charge is 0.444 e.